The number of anilines is 2. The molecule has 2 fully saturated rings. The third-order valence-corrected chi connectivity index (χ3v) is 9.53. The van der Waals surface area contributed by atoms with Gasteiger partial charge in [-0.1, -0.05) is 20.4 Å². The number of nitrogens with zero attached hydrogens (tertiary/aromatic N) is 2. The highest BCUT2D eigenvalue weighted by Gasteiger charge is 2.56. The molecule has 0 spiro atoms. The number of piperidine rings is 1. The highest BCUT2D eigenvalue weighted by atomic mass is 19.1. The monoisotopic (exact) mass is 702 g/mol. The summed E-state index contributed by atoms with van der Waals surface area (Å²) < 4.78 is 52.9. The molecule has 0 unspecified atom stereocenters. The van der Waals surface area contributed by atoms with Crippen LogP contribution in [-0.2, 0) is 9.59 Å². The van der Waals surface area contributed by atoms with Crippen LogP contribution in [0.3, 0.4) is 0 Å². The van der Waals surface area contributed by atoms with Crippen LogP contribution in [0.2, 0.25) is 0 Å². The average molecular weight is 703 g/mol. The zero-order chi connectivity index (χ0) is 36.2. The van der Waals surface area contributed by atoms with Gasteiger partial charge in [-0.15, -0.1) is 0 Å². The quantitative estimate of drug-likeness (QED) is 0.0811. The van der Waals surface area contributed by atoms with Gasteiger partial charge in [0.1, 0.15) is 30.2 Å². The molecule has 3 aromatic carbocycles. The van der Waals surface area contributed by atoms with E-state index in [4.69, 9.17) is 18.9 Å². The topological polar surface area (TPSA) is 111 Å². The van der Waals surface area contributed by atoms with Crippen molar-refractivity contribution in [3.05, 3.63) is 72.3 Å². The number of fused-ring (bicyclic) bond motifs is 1. The minimum Gasteiger partial charge on any atom is -0.489 e. The van der Waals surface area contributed by atoms with Gasteiger partial charge >= 0.3 is 0 Å². The van der Waals surface area contributed by atoms with E-state index in [2.05, 4.69) is 41.0 Å². The van der Waals surface area contributed by atoms with E-state index < -0.39 is 28.9 Å². The number of amides is 2. The molecular weight excluding hydrogens is 658 g/mol. The zero-order valence-corrected chi connectivity index (χ0v) is 29.3. The lowest BCUT2D eigenvalue weighted by Crippen LogP contribution is -2.38. The summed E-state index contributed by atoms with van der Waals surface area (Å²) in [6.07, 6.45) is 5.49. The maximum Gasteiger partial charge on any atom is 0.240 e. The molecule has 51 heavy (non-hydrogen) atoms. The van der Waals surface area contributed by atoms with E-state index in [0.717, 1.165) is 32.1 Å². The molecule has 2 N–H and O–H groups in total. The van der Waals surface area contributed by atoms with Crippen LogP contribution in [0.5, 0.6) is 23.0 Å². The Kier molecular flexibility index (Phi) is 10.6. The van der Waals surface area contributed by atoms with Gasteiger partial charge in [0.2, 0.25) is 17.6 Å². The van der Waals surface area contributed by atoms with E-state index in [-0.39, 0.29) is 23.8 Å². The molecule has 6 rings (SSSR count). The van der Waals surface area contributed by atoms with Crippen LogP contribution in [0.4, 0.5) is 25.8 Å². The number of rotatable bonds is 13. The van der Waals surface area contributed by atoms with Crippen molar-refractivity contribution >= 4 is 40.9 Å². The van der Waals surface area contributed by atoms with Crippen molar-refractivity contribution in [1.82, 2.24) is 4.90 Å². The lowest BCUT2D eigenvalue weighted by molar-refractivity contribution is -0.131. The smallest absolute Gasteiger partial charge is 0.240 e. The number of benzene rings is 3. The summed E-state index contributed by atoms with van der Waals surface area (Å²) in [7, 11) is 0. The van der Waals surface area contributed by atoms with E-state index in [1.54, 1.807) is 19.2 Å². The van der Waals surface area contributed by atoms with E-state index >= 15 is 4.39 Å². The van der Waals surface area contributed by atoms with Crippen LogP contribution in [0.1, 0.15) is 58.4 Å². The first kappa shape index (κ1) is 35.8. The molecule has 0 bridgehead atoms. The normalized spacial score (nSPS) is 17.4. The van der Waals surface area contributed by atoms with E-state index in [1.807, 2.05) is 0 Å². The average Bonchev–Trinajstić information content (AvgIpc) is 3.92. The minimum atomic E-state index is -1.30. The Morgan fingerprint density at radius 1 is 0.922 bits per heavy atom. The fourth-order valence-electron chi connectivity index (χ4n) is 6.20. The molecule has 12 heteroatoms. The number of ether oxygens (including phenoxy) is 4. The highest BCUT2D eigenvalue weighted by molar-refractivity contribution is 6.16. The zero-order valence-electron chi connectivity index (χ0n) is 29.3. The molecule has 2 aliphatic heterocycles. The fourth-order valence-corrected chi connectivity index (χ4v) is 6.20. The van der Waals surface area contributed by atoms with Gasteiger partial charge in [-0.3, -0.25) is 14.6 Å². The molecule has 1 saturated heterocycles. The first-order chi connectivity index (χ1) is 24.5. The first-order valence-corrected chi connectivity index (χ1v) is 17.3. The van der Waals surface area contributed by atoms with Gasteiger partial charge in [0, 0.05) is 36.3 Å². The third kappa shape index (κ3) is 8.33. The number of carbonyl (C=O) groups is 2. The molecular formula is C39H44F2N4O6. The predicted molar refractivity (Wildman–Crippen MR) is 192 cm³/mol. The summed E-state index contributed by atoms with van der Waals surface area (Å²) in [6.45, 7) is 14.7. The Morgan fingerprint density at radius 3 is 2.22 bits per heavy atom. The van der Waals surface area contributed by atoms with Crippen molar-refractivity contribution < 1.29 is 37.3 Å². The standard InChI is InChI=1S/C39H44F2N4O6/c1-5-42-30-24-32(48-20-6-17-45-18-15-38(3,4)16-19-45)34-35(50-22-21-49-34)33(30)25(2)51-31-12-11-28(23-29(31)41)44-37(47)39(13-14-39)36(46)43-27-9-7-26(40)8-10-27/h5,7-12,23-24H,2,6,13-22H2,1,3-4H3,(H,43,46)(H,44,47)/b42-5-. The van der Waals surface area contributed by atoms with Crippen LogP contribution in [0.15, 0.2) is 60.1 Å². The van der Waals surface area contributed by atoms with Crippen LogP contribution in [0, 0.1) is 22.5 Å². The van der Waals surface area contributed by atoms with Crippen molar-refractivity contribution in [2.75, 3.05) is 50.1 Å². The van der Waals surface area contributed by atoms with Crippen LogP contribution in [0.25, 0.3) is 5.76 Å². The molecule has 3 aromatic rings. The van der Waals surface area contributed by atoms with Crippen molar-refractivity contribution in [2.45, 2.75) is 52.9 Å². The molecule has 3 aliphatic rings. The van der Waals surface area contributed by atoms with E-state index in [9.17, 15) is 14.0 Å². The number of likely N-dealkylation sites (tertiary alicyclic amines) is 1. The molecule has 2 heterocycles. The van der Waals surface area contributed by atoms with Crippen LogP contribution < -0.4 is 29.6 Å². The largest absolute Gasteiger partial charge is 0.489 e. The fraction of sp³-hybridized carbons (Fsp3) is 0.410. The van der Waals surface area contributed by atoms with Crippen LogP contribution in [-0.4, -0.2) is 62.4 Å². The number of hydrogen-bond donors (Lipinski definition) is 2. The van der Waals surface area contributed by atoms with Crippen molar-refractivity contribution in [1.29, 1.82) is 0 Å². The number of carbonyl (C=O) groups excluding carboxylic acids is 2. The van der Waals surface area contributed by atoms with Gasteiger partial charge in [0.25, 0.3) is 0 Å². The Labute approximate surface area is 296 Å². The number of nitrogens with one attached hydrogen (secondary N) is 2. The molecule has 270 valence electrons. The summed E-state index contributed by atoms with van der Waals surface area (Å²) in [6, 6.07) is 10.9. The summed E-state index contributed by atoms with van der Waals surface area (Å²) in [5.74, 6) is -1.11. The van der Waals surface area contributed by atoms with Gasteiger partial charge in [0.15, 0.2) is 23.1 Å². The van der Waals surface area contributed by atoms with Gasteiger partial charge in [-0.2, -0.15) is 0 Å². The third-order valence-electron chi connectivity index (χ3n) is 9.53. The summed E-state index contributed by atoms with van der Waals surface area (Å²) in [4.78, 5) is 33.0. The van der Waals surface area contributed by atoms with E-state index in [0.29, 0.717) is 65.7 Å². The van der Waals surface area contributed by atoms with Crippen molar-refractivity contribution in [2.24, 2.45) is 15.8 Å². The van der Waals surface area contributed by atoms with Gasteiger partial charge in [-0.05, 0) is 93.9 Å². The Hall–Kier alpha value is -4.97. The second kappa shape index (κ2) is 15.1. The molecule has 0 aromatic heterocycles. The van der Waals surface area contributed by atoms with E-state index in [1.165, 1.54) is 49.2 Å². The SMILES string of the molecule is C=C(Oc1ccc(NC(=O)C2(C(=O)Nc3ccc(F)cc3)CC2)cc1F)c1c(/N=C\C)cc(OCCCN2CCC(C)(C)CC2)c2c1OCCO2. The lowest BCUT2D eigenvalue weighted by Gasteiger charge is -2.36. The second-order valence-electron chi connectivity index (χ2n) is 13.9. The molecule has 0 atom stereocenters. The maximum atomic E-state index is 15.4. The lowest BCUT2D eigenvalue weighted by atomic mass is 9.83. The molecule has 10 nitrogen and oxygen atoms in total. The molecule has 1 saturated carbocycles. The molecule has 0 radical (unpaired) electrons. The second-order valence-corrected chi connectivity index (χ2v) is 13.9. The Bertz CT molecular complexity index is 1810. The summed E-state index contributed by atoms with van der Waals surface area (Å²) in [5, 5.41) is 5.29. The van der Waals surface area contributed by atoms with Gasteiger partial charge in [0.05, 0.1) is 17.9 Å². The van der Waals surface area contributed by atoms with Crippen molar-refractivity contribution in [3.8, 4) is 23.0 Å². The summed E-state index contributed by atoms with van der Waals surface area (Å²) in [5.41, 5.74) is 0.466. The first-order valence-electron chi connectivity index (χ1n) is 17.3. The predicted octanol–water partition coefficient (Wildman–Crippen LogP) is 7.76. The van der Waals surface area contributed by atoms with Gasteiger partial charge < -0.3 is 34.5 Å². The van der Waals surface area contributed by atoms with Gasteiger partial charge in [-0.25, -0.2) is 8.78 Å². The molecule has 1 aliphatic carbocycles. The summed E-state index contributed by atoms with van der Waals surface area (Å²) >= 11 is 0. The number of aliphatic imine (C=N–C) groups is 1. The Balaban J connectivity index is 1.11. The van der Waals surface area contributed by atoms with Crippen LogP contribution >= 0.6 is 0 Å². The molecule has 2 amide bonds. The maximum absolute atomic E-state index is 15.4. The van der Waals surface area contributed by atoms with Crippen molar-refractivity contribution in [3.63, 3.8) is 0 Å². The Morgan fingerprint density at radius 2 is 1.57 bits per heavy atom. The number of halogens is 2. The number of hydrogen-bond acceptors (Lipinski definition) is 8. The minimum absolute atomic E-state index is 0.0713. The highest BCUT2D eigenvalue weighted by Crippen LogP contribution is 2.50.